The van der Waals surface area contributed by atoms with E-state index < -0.39 is 0 Å². The first-order valence-corrected chi connectivity index (χ1v) is 8.42. The Morgan fingerprint density at radius 2 is 1.76 bits per heavy atom. The molecule has 21 heavy (non-hydrogen) atoms. The maximum atomic E-state index is 5.22. The summed E-state index contributed by atoms with van der Waals surface area (Å²) < 4.78 is 5.22. The molecule has 0 amide bonds. The summed E-state index contributed by atoms with van der Waals surface area (Å²) in [7, 11) is 3.74. The number of ether oxygens (including phenoxy) is 1. The summed E-state index contributed by atoms with van der Waals surface area (Å²) in [5.41, 5.74) is 1.38. The van der Waals surface area contributed by atoms with Gasteiger partial charge in [0, 0.05) is 9.75 Å². The molecule has 1 aromatic carbocycles. The monoisotopic (exact) mass is 303 g/mol. The number of thiophene rings is 1. The van der Waals surface area contributed by atoms with Gasteiger partial charge in [0.2, 0.25) is 0 Å². The van der Waals surface area contributed by atoms with Gasteiger partial charge in [0.15, 0.2) is 0 Å². The number of hydrogen-bond acceptors (Lipinski definition) is 3. The van der Waals surface area contributed by atoms with Crippen LogP contribution in [0.2, 0.25) is 0 Å². The molecule has 114 valence electrons. The van der Waals surface area contributed by atoms with E-state index in [9.17, 15) is 0 Å². The van der Waals surface area contributed by atoms with Gasteiger partial charge in [0.25, 0.3) is 0 Å². The number of nitrogens with one attached hydrogen (secondary N) is 1. The average molecular weight is 303 g/mol. The molecule has 1 unspecified atom stereocenters. The molecule has 0 saturated heterocycles. The normalized spacial score (nSPS) is 12.3. The van der Waals surface area contributed by atoms with Gasteiger partial charge in [-0.1, -0.05) is 19.1 Å². The molecular weight excluding hydrogens is 278 g/mol. The van der Waals surface area contributed by atoms with Gasteiger partial charge in [-0.05, 0) is 68.6 Å². The summed E-state index contributed by atoms with van der Waals surface area (Å²) in [6.07, 6.45) is 3.39. The Labute approximate surface area is 132 Å². The lowest BCUT2D eigenvalue weighted by molar-refractivity contribution is 0.414. The zero-order valence-corrected chi connectivity index (χ0v) is 14.0. The molecule has 2 nitrogen and oxygen atoms in total. The maximum absolute atomic E-state index is 5.22. The molecule has 1 N–H and O–H groups in total. The van der Waals surface area contributed by atoms with Crippen molar-refractivity contribution in [3.8, 4) is 5.75 Å². The number of benzene rings is 1. The van der Waals surface area contributed by atoms with Crippen LogP contribution in [-0.2, 0) is 19.3 Å². The molecule has 1 atom stereocenters. The summed E-state index contributed by atoms with van der Waals surface area (Å²) in [6, 6.07) is 13.0. The van der Waals surface area contributed by atoms with Gasteiger partial charge in [0.1, 0.15) is 5.75 Å². The molecule has 0 saturated carbocycles. The predicted octanol–water partition coefficient (Wildman–Crippen LogP) is 3.94. The smallest absolute Gasteiger partial charge is 0.118 e. The maximum Gasteiger partial charge on any atom is 0.118 e. The number of methoxy groups -OCH3 is 1. The quantitative estimate of drug-likeness (QED) is 0.797. The molecule has 0 aliphatic heterocycles. The zero-order valence-electron chi connectivity index (χ0n) is 13.2. The van der Waals surface area contributed by atoms with E-state index in [1.807, 2.05) is 30.5 Å². The zero-order chi connectivity index (χ0) is 15.1. The van der Waals surface area contributed by atoms with E-state index in [1.54, 1.807) is 7.11 Å². The van der Waals surface area contributed by atoms with Crippen LogP contribution in [0.5, 0.6) is 5.75 Å². The van der Waals surface area contributed by atoms with Gasteiger partial charge in [-0.3, -0.25) is 0 Å². The van der Waals surface area contributed by atoms with E-state index in [-0.39, 0.29) is 0 Å². The highest BCUT2D eigenvalue weighted by Crippen LogP contribution is 2.22. The van der Waals surface area contributed by atoms with E-state index in [0.717, 1.165) is 31.6 Å². The fourth-order valence-electron chi connectivity index (χ4n) is 2.61. The topological polar surface area (TPSA) is 21.3 Å². The Morgan fingerprint density at radius 1 is 1.05 bits per heavy atom. The van der Waals surface area contributed by atoms with Crippen molar-refractivity contribution in [1.82, 2.24) is 5.32 Å². The third-order valence-corrected chi connectivity index (χ3v) is 4.98. The second-order valence-electron chi connectivity index (χ2n) is 5.40. The van der Waals surface area contributed by atoms with Gasteiger partial charge in [0.05, 0.1) is 7.11 Å². The Bertz CT molecular complexity index is 532. The SMILES string of the molecule is CCc1ccc(CC(CNC)Cc2ccc(OC)cc2)s1. The second-order valence-corrected chi connectivity index (χ2v) is 6.65. The van der Waals surface area contributed by atoms with Crippen molar-refractivity contribution >= 4 is 11.3 Å². The summed E-state index contributed by atoms with van der Waals surface area (Å²) in [6.45, 7) is 3.27. The van der Waals surface area contributed by atoms with Crippen molar-refractivity contribution in [3.05, 3.63) is 51.7 Å². The number of hydrogen-bond donors (Lipinski definition) is 1. The molecule has 0 radical (unpaired) electrons. The second kappa shape index (κ2) is 8.20. The molecule has 1 heterocycles. The van der Waals surface area contributed by atoms with Gasteiger partial charge in [-0.15, -0.1) is 11.3 Å². The molecule has 0 aliphatic rings. The first-order valence-electron chi connectivity index (χ1n) is 7.60. The first kappa shape index (κ1) is 16.1. The third-order valence-electron chi connectivity index (χ3n) is 3.73. The van der Waals surface area contributed by atoms with E-state index in [2.05, 4.69) is 36.5 Å². The fraction of sp³-hybridized carbons (Fsp3) is 0.444. The van der Waals surface area contributed by atoms with Gasteiger partial charge in [-0.2, -0.15) is 0 Å². The van der Waals surface area contributed by atoms with Crippen molar-refractivity contribution < 1.29 is 4.74 Å². The molecule has 3 heteroatoms. The Hall–Kier alpha value is -1.32. The largest absolute Gasteiger partial charge is 0.497 e. The standard InChI is InChI=1S/C18H25NOS/c1-4-17-9-10-18(21-17)12-15(13-19-2)11-14-5-7-16(20-3)8-6-14/h5-10,15,19H,4,11-13H2,1-3H3. The summed E-state index contributed by atoms with van der Waals surface area (Å²) in [5, 5.41) is 3.33. The van der Waals surface area contributed by atoms with Crippen molar-refractivity contribution in [2.75, 3.05) is 20.7 Å². The molecule has 2 aromatic rings. The van der Waals surface area contributed by atoms with Crippen LogP contribution in [0.3, 0.4) is 0 Å². The van der Waals surface area contributed by atoms with E-state index in [4.69, 9.17) is 4.74 Å². The van der Waals surface area contributed by atoms with E-state index >= 15 is 0 Å². The fourth-order valence-corrected chi connectivity index (χ4v) is 3.68. The van der Waals surface area contributed by atoms with E-state index in [1.165, 1.54) is 15.3 Å². The molecule has 0 fully saturated rings. The lowest BCUT2D eigenvalue weighted by atomic mass is 9.95. The van der Waals surface area contributed by atoms with Gasteiger partial charge < -0.3 is 10.1 Å². The Morgan fingerprint density at radius 3 is 2.33 bits per heavy atom. The van der Waals surface area contributed by atoms with Gasteiger partial charge >= 0.3 is 0 Å². The van der Waals surface area contributed by atoms with Crippen LogP contribution < -0.4 is 10.1 Å². The van der Waals surface area contributed by atoms with Crippen molar-refractivity contribution in [3.63, 3.8) is 0 Å². The minimum absolute atomic E-state index is 0.631. The van der Waals surface area contributed by atoms with Crippen molar-refractivity contribution in [2.45, 2.75) is 26.2 Å². The van der Waals surface area contributed by atoms with Crippen molar-refractivity contribution in [2.24, 2.45) is 5.92 Å². The molecule has 0 spiro atoms. The molecular formula is C18H25NOS. The van der Waals surface area contributed by atoms with Crippen LogP contribution >= 0.6 is 11.3 Å². The van der Waals surface area contributed by atoms with Crippen LogP contribution in [0.1, 0.15) is 22.2 Å². The summed E-state index contributed by atoms with van der Waals surface area (Å²) in [5.74, 6) is 1.56. The molecule has 0 aliphatic carbocycles. The molecule has 0 bridgehead atoms. The van der Waals surface area contributed by atoms with Gasteiger partial charge in [-0.25, -0.2) is 0 Å². The Balaban J connectivity index is 2.00. The predicted molar refractivity (Wildman–Crippen MR) is 91.5 cm³/mol. The van der Waals surface area contributed by atoms with Crippen LogP contribution in [0, 0.1) is 5.92 Å². The van der Waals surface area contributed by atoms with Crippen LogP contribution in [0.25, 0.3) is 0 Å². The number of rotatable bonds is 8. The first-order chi connectivity index (χ1) is 10.2. The summed E-state index contributed by atoms with van der Waals surface area (Å²) >= 11 is 1.96. The molecule has 2 rings (SSSR count). The molecule has 1 aromatic heterocycles. The van der Waals surface area contributed by atoms with Crippen LogP contribution in [-0.4, -0.2) is 20.7 Å². The van der Waals surface area contributed by atoms with Crippen molar-refractivity contribution in [1.29, 1.82) is 0 Å². The lowest BCUT2D eigenvalue weighted by Crippen LogP contribution is -2.22. The minimum Gasteiger partial charge on any atom is -0.497 e. The minimum atomic E-state index is 0.631. The van der Waals surface area contributed by atoms with Crippen LogP contribution in [0.4, 0.5) is 0 Å². The highest BCUT2D eigenvalue weighted by atomic mass is 32.1. The van der Waals surface area contributed by atoms with E-state index in [0.29, 0.717) is 5.92 Å². The lowest BCUT2D eigenvalue weighted by Gasteiger charge is -2.16. The Kier molecular flexibility index (Phi) is 6.27. The highest BCUT2D eigenvalue weighted by molar-refractivity contribution is 7.11. The average Bonchev–Trinajstić information content (AvgIpc) is 2.96. The third kappa shape index (κ3) is 4.87. The van der Waals surface area contributed by atoms with Crippen LogP contribution in [0.15, 0.2) is 36.4 Å². The highest BCUT2D eigenvalue weighted by Gasteiger charge is 2.12. The summed E-state index contributed by atoms with van der Waals surface area (Å²) in [4.78, 5) is 2.98. The number of aryl methyl sites for hydroxylation is 1.